The van der Waals surface area contributed by atoms with Gasteiger partial charge in [-0.25, -0.2) is 4.68 Å². The molecule has 0 amide bonds. The summed E-state index contributed by atoms with van der Waals surface area (Å²) >= 11 is 0.484. The van der Waals surface area contributed by atoms with Gasteiger partial charge >= 0.3 is 18.7 Å². The van der Waals surface area contributed by atoms with E-state index in [-0.39, 0.29) is 21.8 Å². The number of alkyl halides is 9. The molecular weight excluding hydrogens is 487 g/mol. The van der Waals surface area contributed by atoms with Crippen molar-refractivity contribution in [1.82, 2.24) is 9.78 Å². The van der Waals surface area contributed by atoms with E-state index >= 15 is 0 Å². The third kappa shape index (κ3) is 6.59. The Morgan fingerprint density at radius 2 is 1.52 bits per heavy atom. The lowest BCUT2D eigenvalue weighted by Gasteiger charge is -2.13. The molecule has 0 aliphatic carbocycles. The van der Waals surface area contributed by atoms with Crippen molar-refractivity contribution in [2.45, 2.75) is 30.5 Å². The van der Waals surface area contributed by atoms with Crippen LogP contribution in [0.15, 0.2) is 53.4 Å². The van der Waals surface area contributed by atoms with Crippen molar-refractivity contribution in [1.29, 1.82) is 0 Å². The van der Waals surface area contributed by atoms with Crippen LogP contribution in [0.1, 0.15) is 11.3 Å². The van der Waals surface area contributed by atoms with Gasteiger partial charge in [0.2, 0.25) is 0 Å². The summed E-state index contributed by atoms with van der Waals surface area (Å²) in [5.74, 6) is -1.78. The highest BCUT2D eigenvalue weighted by molar-refractivity contribution is 7.99. The van der Waals surface area contributed by atoms with E-state index in [0.29, 0.717) is 23.4 Å². The van der Waals surface area contributed by atoms with Gasteiger partial charge in [0.15, 0.2) is 5.69 Å². The minimum absolute atomic E-state index is 0.0138. The molecule has 33 heavy (non-hydrogen) atoms. The summed E-state index contributed by atoms with van der Waals surface area (Å²) in [5.41, 5.74) is -0.772. The molecule has 178 valence electrons. The summed E-state index contributed by atoms with van der Waals surface area (Å²) in [6.45, 7) is 1.56. The number of thioether (sulfide) groups is 1. The second-order valence-electron chi connectivity index (χ2n) is 6.75. The number of nitrogens with zero attached hydrogens (tertiary/aromatic N) is 2. The number of rotatable bonds is 5. The highest BCUT2D eigenvalue weighted by Gasteiger charge is 2.36. The third-order valence-corrected chi connectivity index (χ3v) is 5.41. The van der Waals surface area contributed by atoms with Crippen LogP contribution in [0.25, 0.3) is 16.9 Å². The predicted molar refractivity (Wildman–Crippen MR) is 102 cm³/mol. The zero-order valence-electron chi connectivity index (χ0n) is 16.4. The number of hydrogen-bond donors (Lipinski definition) is 0. The molecule has 0 radical (unpaired) electrons. The van der Waals surface area contributed by atoms with Crippen molar-refractivity contribution in [3.63, 3.8) is 0 Å². The quantitative estimate of drug-likeness (QED) is 0.270. The standard InChI is InChI=1S/C20H13F9N2OS/c1-11-2-3-12(8-16(11)33-10-18(21,22)23)15-9-17(19(24,25)26)30-31(15)13-4-6-14(7-5-13)32-20(27,28)29/h2-9H,10H2,1H3. The number of ether oxygens (including phenoxy) is 1. The first kappa shape index (κ1) is 24.8. The minimum atomic E-state index is -4.95. The van der Waals surface area contributed by atoms with Gasteiger partial charge in [-0.3, -0.25) is 0 Å². The monoisotopic (exact) mass is 500 g/mol. The van der Waals surface area contributed by atoms with Crippen LogP contribution in [0.4, 0.5) is 39.5 Å². The van der Waals surface area contributed by atoms with Gasteiger partial charge in [-0.1, -0.05) is 12.1 Å². The molecule has 0 atom stereocenters. The fraction of sp³-hybridized carbons (Fsp3) is 0.250. The zero-order chi connectivity index (χ0) is 24.6. The summed E-state index contributed by atoms with van der Waals surface area (Å²) in [5, 5.41) is 3.51. The molecule has 0 saturated carbocycles. The van der Waals surface area contributed by atoms with E-state index in [0.717, 1.165) is 28.9 Å². The number of halogens is 9. The lowest BCUT2D eigenvalue weighted by Crippen LogP contribution is -2.17. The van der Waals surface area contributed by atoms with Crippen LogP contribution in [0.2, 0.25) is 0 Å². The SMILES string of the molecule is Cc1ccc(-c2cc(C(F)(F)F)nn2-c2ccc(OC(F)(F)F)cc2)cc1SCC(F)(F)F. The summed E-state index contributed by atoms with van der Waals surface area (Å²) in [7, 11) is 0. The summed E-state index contributed by atoms with van der Waals surface area (Å²) in [6.07, 6.45) is -14.2. The third-order valence-electron chi connectivity index (χ3n) is 4.19. The van der Waals surface area contributed by atoms with E-state index in [1.807, 2.05) is 0 Å². The van der Waals surface area contributed by atoms with Gasteiger partial charge < -0.3 is 4.74 Å². The molecule has 1 aromatic heterocycles. The molecule has 3 aromatic rings. The summed E-state index contributed by atoms with van der Waals surface area (Å²) in [6, 6.07) is 8.85. The van der Waals surface area contributed by atoms with Gasteiger partial charge in [-0.2, -0.15) is 31.4 Å². The molecule has 0 unspecified atom stereocenters. The van der Waals surface area contributed by atoms with Crippen molar-refractivity contribution >= 4 is 11.8 Å². The second kappa shape index (κ2) is 8.84. The second-order valence-corrected chi connectivity index (χ2v) is 7.77. The largest absolute Gasteiger partial charge is 0.573 e. The van der Waals surface area contributed by atoms with Crippen LogP contribution in [0, 0.1) is 6.92 Å². The molecule has 0 fully saturated rings. The first-order valence-electron chi connectivity index (χ1n) is 8.96. The predicted octanol–water partition coefficient (Wildman–Crippen LogP) is 7.42. The van der Waals surface area contributed by atoms with Crippen molar-refractivity contribution in [3.8, 4) is 22.7 Å². The molecule has 1 heterocycles. The molecule has 3 rings (SSSR count). The Balaban J connectivity index is 2.05. The van der Waals surface area contributed by atoms with Gasteiger partial charge in [-0.15, -0.1) is 24.9 Å². The molecule has 0 aliphatic rings. The van der Waals surface area contributed by atoms with Crippen molar-refractivity contribution in [2.75, 3.05) is 5.75 Å². The molecule has 0 aliphatic heterocycles. The van der Waals surface area contributed by atoms with E-state index in [1.54, 1.807) is 6.92 Å². The number of hydrogen-bond acceptors (Lipinski definition) is 3. The number of aryl methyl sites for hydroxylation is 1. The highest BCUT2D eigenvalue weighted by atomic mass is 32.2. The first-order valence-corrected chi connectivity index (χ1v) is 9.95. The fourth-order valence-electron chi connectivity index (χ4n) is 2.79. The Kier molecular flexibility index (Phi) is 6.65. The summed E-state index contributed by atoms with van der Waals surface area (Å²) in [4.78, 5) is 0.208. The Hall–Kier alpha value is -2.83. The normalized spacial score (nSPS) is 12.8. The van der Waals surface area contributed by atoms with E-state index in [9.17, 15) is 39.5 Å². The van der Waals surface area contributed by atoms with Gasteiger partial charge in [0.05, 0.1) is 17.1 Å². The Morgan fingerprint density at radius 3 is 2.06 bits per heavy atom. The van der Waals surface area contributed by atoms with Crippen LogP contribution >= 0.6 is 11.8 Å². The average Bonchev–Trinajstić information content (AvgIpc) is 3.12. The minimum Gasteiger partial charge on any atom is -0.406 e. The zero-order valence-corrected chi connectivity index (χ0v) is 17.3. The molecule has 0 spiro atoms. The fourth-order valence-corrected chi connectivity index (χ4v) is 3.61. The molecule has 13 heteroatoms. The van der Waals surface area contributed by atoms with Crippen molar-refractivity contribution in [3.05, 3.63) is 59.8 Å². The maximum atomic E-state index is 13.3. The Labute approximate surface area is 185 Å². The van der Waals surface area contributed by atoms with Crippen LogP contribution in [0.5, 0.6) is 5.75 Å². The average molecular weight is 500 g/mol. The van der Waals surface area contributed by atoms with Gasteiger partial charge in [0, 0.05) is 10.5 Å². The number of aromatic nitrogens is 2. The first-order chi connectivity index (χ1) is 15.1. The Morgan fingerprint density at radius 1 is 0.879 bits per heavy atom. The van der Waals surface area contributed by atoms with Crippen LogP contribution in [-0.2, 0) is 6.18 Å². The molecular formula is C20H13F9N2OS. The van der Waals surface area contributed by atoms with E-state index in [1.165, 1.54) is 18.2 Å². The topological polar surface area (TPSA) is 27.1 Å². The van der Waals surface area contributed by atoms with Gasteiger partial charge in [0.1, 0.15) is 5.75 Å². The lowest BCUT2D eigenvalue weighted by molar-refractivity contribution is -0.274. The van der Waals surface area contributed by atoms with Crippen LogP contribution in [-0.4, -0.2) is 28.1 Å². The maximum absolute atomic E-state index is 13.3. The van der Waals surface area contributed by atoms with Crippen molar-refractivity contribution < 1.29 is 44.3 Å². The van der Waals surface area contributed by atoms with E-state index in [4.69, 9.17) is 0 Å². The lowest BCUT2D eigenvalue weighted by atomic mass is 10.1. The highest BCUT2D eigenvalue weighted by Crippen LogP contribution is 2.36. The van der Waals surface area contributed by atoms with Crippen molar-refractivity contribution in [2.24, 2.45) is 0 Å². The number of benzene rings is 2. The molecule has 0 N–H and O–H groups in total. The van der Waals surface area contributed by atoms with Crippen LogP contribution in [0.3, 0.4) is 0 Å². The smallest absolute Gasteiger partial charge is 0.406 e. The molecule has 0 bridgehead atoms. The summed E-state index contributed by atoms with van der Waals surface area (Å²) < 4.78 is 119. The maximum Gasteiger partial charge on any atom is 0.573 e. The van der Waals surface area contributed by atoms with Gasteiger partial charge in [-0.05, 0) is 48.9 Å². The van der Waals surface area contributed by atoms with Crippen LogP contribution < -0.4 is 4.74 Å². The molecule has 3 nitrogen and oxygen atoms in total. The van der Waals surface area contributed by atoms with Gasteiger partial charge in [0.25, 0.3) is 0 Å². The Bertz CT molecular complexity index is 1120. The van der Waals surface area contributed by atoms with E-state index < -0.39 is 35.9 Å². The molecule has 0 saturated heterocycles. The van der Waals surface area contributed by atoms with E-state index in [2.05, 4.69) is 9.84 Å². The molecule has 2 aromatic carbocycles.